The van der Waals surface area contributed by atoms with E-state index in [0.717, 1.165) is 6.54 Å². The number of carbonyl (C=O) groups excluding carboxylic acids is 1. The first-order valence-electron chi connectivity index (χ1n) is 7.61. The van der Waals surface area contributed by atoms with Gasteiger partial charge in [-0.2, -0.15) is 0 Å². The van der Waals surface area contributed by atoms with Crippen molar-refractivity contribution in [1.82, 2.24) is 10.6 Å². The quantitative estimate of drug-likeness (QED) is 0.789. The summed E-state index contributed by atoms with van der Waals surface area (Å²) in [5, 5.41) is 6.07. The van der Waals surface area contributed by atoms with Crippen molar-refractivity contribution in [2.45, 2.75) is 51.0 Å². The molecule has 2 N–H and O–H groups in total. The minimum absolute atomic E-state index is 0.0268. The second kappa shape index (κ2) is 6.43. The van der Waals surface area contributed by atoms with Crippen molar-refractivity contribution >= 4 is 15.7 Å². The minimum Gasteiger partial charge on any atom is -0.355 e. The topological polar surface area (TPSA) is 75.3 Å². The van der Waals surface area contributed by atoms with Crippen molar-refractivity contribution in [3.63, 3.8) is 0 Å². The van der Waals surface area contributed by atoms with Gasteiger partial charge in [-0.15, -0.1) is 0 Å². The predicted molar refractivity (Wildman–Crippen MR) is 79.3 cm³/mol. The second-order valence-corrected chi connectivity index (χ2v) is 8.75. The molecule has 2 aliphatic rings. The molecule has 0 aromatic rings. The molecule has 1 unspecified atom stereocenters. The van der Waals surface area contributed by atoms with E-state index in [1.807, 2.05) is 6.92 Å². The molecule has 1 saturated carbocycles. The maximum Gasteiger partial charge on any atom is 0.233 e. The van der Waals surface area contributed by atoms with Crippen LogP contribution in [0.3, 0.4) is 0 Å². The van der Waals surface area contributed by atoms with Gasteiger partial charge < -0.3 is 10.6 Å². The highest BCUT2D eigenvalue weighted by molar-refractivity contribution is 7.91. The zero-order chi connectivity index (χ0) is 14.6. The lowest BCUT2D eigenvalue weighted by Gasteiger charge is -2.25. The normalized spacial score (nSPS) is 30.2. The van der Waals surface area contributed by atoms with Gasteiger partial charge in [-0.1, -0.05) is 19.3 Å². The molecule has 5 nitrogen and oxygen atoms in total. The molecule has 20 heavy (non-hydrogen) atoms. The molecule has 0 radical (unpaired) electrons. The number of carbonyl (C=O) groups is 1. The summed E-state index contributed by atoms with van der Waals surface area (Å²) in [6.07, 6.45) is 6.88. The molecule has 0 bridgehead atoms. The van der Waals surface area contributed by atoms with E-state index >= 15 is 0 Å². The second-order valence-electron chi connectivity index (χ2n) is 6.56. The van der Waals surface area contributed by atoms with Crippen LogP contribution in [0.5, 0.6) is 0 Å². The Morgan fingerprint density at radius 3 is 2.55 bits per heavy atom. The molecule has 6 heteroatoms. The van der Waals surface area contributed by atoms with Crippen molar-refractivity contribution in [3.8, 4) is 0 Å². The summed E-state index contributed by atoms with van der Waals surface area (Å²) in [6, 6.07) is 0. The lowest BCUT2D eigenvalue weighted by molar-refractivity contribution is -0.120. The van der Waals surface area contributed by atoms with Gasteiger partial charge in [0.25, 0.3) is 0 Å². The van der Waals surface area contributed by atoms with Crippen molar-refractivity contribution in [2.75, 3.05) is 24.6 Å². The molecule has 1 aliphatic heterocycles. The Morgan fingerprint density at radius 2 is 1.95 bits per heavy atom. The number of sulfone groups is 1. The third-order valence-corrected chi connectivity index (χ3v) is 6.39. The van der Waals surface area contributed by atoms with Gasteiger partial charge in [0.05, 0.1) is 18.1 Å². The van der Waals surface area contributed by atoms with E-state index in [1.165, 1.54) is 32.1 Å². The van der Waals surface area contributed by atoms with Crippen LogP contribution >= 0.6 is 0 Å². The van der Waals surface area contributed by atoms with Crippen molar-refractivity contribution in [3.05, 3.63) is 0 Å². The van der Waals surface area contributed by atoms with Crippen molar-refractivity contribution in [2.24, 2.45) is 5.92 Å². The molecule has 1 amide bonds. The highest BCUT2D eigenvalue weighted by Gasteiger charge is 2.38. The fraction of sp³-hybridized carbons (Fsp3) is 0.929. The van der Waals surface area contributed by atoms with Crippen molar-refractivity contribution < 1.29 is 13.2 Å². The van der Waals surface area contributed by atoms with Gasteiger partial charge in [0.2, 0.25) is 5.91 Å². The number of nitrogens with one attached hydrogen (secondary N) is 2. The number of rotatable bonds is 5. The summed E-state index contributed by atoms with van der Waals surface area (Å²) in [5.74, 6) is 0.951. The highest BCUT2D eigenvalue weighted by atomic mass is 32.2. The molecule has 0 aromatic carbocycles. The first-order valence-corrected chi connectivity index (χ1v) is 9.43. The molecule has 2 rings (SSSR count). The van der Waals surface area contributed by atoms with Gasteiger partial charge >= 0.3 is 0 Å². The number of amides is 1. The average Bonchev–Trinajstić information content (AvgIpc) is 2.70. The maximum atomic E-state index is 11.8. The summed E-state index contributed by atoms with van der Waals surface area (Å²) in [6.45, 7) is 2.85. The summed E-state index contributed by atoms with van der Waals surface area (Å²) in [7, 11) is -2.93. The molecule has 1 heterocycles. The van der Waals surface area contributed by atoms with Crippen molar-refractivity contribution in [1.29, 1.82) is 0 Å². The maximum absolute atomic E-state index is 11.8. The molecule has 0 aromatic heterocycles. The number of hydrogen-bond donors (Lipinski definition) is 2. The predicted octanol–water partition coefficient (Wildman–Crippen LogP) is 0.850. The average molecular weight is 302 g/mol. The van der Waals surface area contributed by atoms with E-state index in [0.29, 0.717) is 12.3 Å². The van der Waals surface area contributed by atoms with Crippen LogP contribution in [0, 0.1) is 5.92 Å². The van der Waals surface area contributed by atoms with E-state index < -0.39 is 15.4 Å². The molecule has 0 spiro atoms. The summed E-state index contributed by atoms with van der Waals surface area (Å²) in [4.78, 5) is 11.8. The van der Waals surface area contributed by atoms with Gasteiger partial charge in [-0.25, -0.2) is 8.42 Å². The molecular formula is C14H26N2O3S. The van der Waals surface area contributed by atoms with Crippen LogP contribution in [-0.2, 0) is 14.6 Å². The molecule has 2 fully saturated rings. The van der Waals surface area contributed by atoms with Gasteiger partial charge in [-0.05, 0) is 32.1 Å². The van der Waals surface area contributed by atoms with Crippen LogP contribution in [0.2, 0.25) is 0 Å². The van der Waals surface area contributed by atoms with Crippen LogP contribution in [0.15, 0.2) is 0 Å². The monoisotopic (exact) mass is 302 g/mol. The smallest absolute Gasteiger partial charge is 0.233 e. The molecule has 116 valence electrons. The van der Waals surface area contributed by atoms with Gasteiger partial charge in [0.15, 0.2) is 9.84 Å². The third-order valence-electron chi connectivity index (χ3n) is 4.49. The zero-order valence-corrected chi connectivity index (χ0v) is 13.1. The van der Waals surface area contributed by atoms with E-state index in [2.05, 4.69) is 10.6 Å². The lowest BCUT2D eigenvalue weighted by Crippen LogP contribution is -2.48. The molecule has 1 aliphatic carbocycles. The first-order chi connectivity index (χ1) is 9.39. The Hall–Kier alpha value is -0.620. The number of hydrogen-bond acceptors (Lipinski definition) is 4. The van der Waals surface area contributed by atoms with Gasteiger partial charge in [-0.3, -0.25) is 4.79 Å². The Kier molecular flexibility index (Phi) is 5.07. The van der Waals surface area contributed by atoms with E-state index in [1.54, 1.807) is 0 Å². The standard InChI is InChI=1S/C14H26N2O3S/c1-14(7-8-20(18,19)11-14)16-10-13(17)15-9-12-5-3-2-4-6-12/h12,16H,2-11H2,1H3,(H,15,17). The SMILES string of the molecule is CC1(NCC(=O)NCC2CCCCC2)CCS(=O)(=O)C1. The summed E-state index contributed by atoms with van der Waals surface area (Å²) >= 11 is 0. The third kappa shape index (κ3) is 4.74. The fourth-order valence-corrected chi connectivity index (χ4v) is 5.28. The molecular weight excluding hydrogens is 276 g/mol. The van der Waals surface area contributed by atoms with Crippen LogP contribution < -0.4 is 10.6 Å². The highest BCUT2D eigenvalue weighted by Crippen LogP contribution is 2.23. The Morgan fingerprint density at radius 1 is 1.25 bits per heavy atom. The largest absolute Gasteiger partial charge is 0.355 e. The van der Waals surface area contributed by atoms with Crippen LogP contribution in [0.4, 0.5) is 0 Å². The lowest BCUT2D eigenvalue weighted by atomic mass is 9.89. The van der Waals surface area contributed by atoms with Crippen LogP contribution in [0.1, 0.15) is 45.4 Å². The molecule has 1 atom stereocenters. The summed E-state index contributed by atoms with van der Waals surface area (Å²) in [5.41, 5.74) is -0.443. The minimum atomic E-state index is -2.93. The van der Waals surface area contributed by atoms with E-state index in [-0.39, 0.29) is 24.0 Å². The van der Waals surface area contributed by atoms with Crippen LogP contribution in [0.25, 0.3) is 0 Å². The van der Waals surface area contributed by atoms with Gasteiger partial charge in [0.1, 0.15) is 0 Å². The summed E-state index contributed by atoms with van der Waals surface area (Å²) < 4.78 is 23.0. The zero-order valence-electron chi connectivity index (χ0n) is 12.3. The fourth-order valence-electron chi connectivity index (χ4n) is 3.16. The molecule has 1 saturated heterocycles. The van der Waals surface area contributed by atoms with E-state index in [9.17, 15) is 13.2 Å². The Bertz CT molecular complexity index is 443. The van der Waals surface area contributed by atoms with Crippen LogP contribution in [-0.4, -0.2) is 44.5 Å². The van der Waals surface area contributed by atoms with E-state index in [4.69, 9.17) is 0 Å². The van der Waals surface area contributed by atoms with Gasteiger partial charge in [0, 0.05) is 12.1 Å². The Labute approximate surface area is 121 Å². The first kappa shape index (κ1) is 15.8. The Balaban J connectivity index is 1.67.